The summed E-state index contributed by atoms with van der Waals surface area (Å²) in [6, 6.07) is 78.6. The lowest BCUT2D eigenvalue weighted by Gasteiger charge is -2.30. The zero-order valence-electron chi connectivity index (χ0n) is 33.6. The first-order valence-corrected chi connectivity index (χ1v) is 21.2. The van der Waals surface area contributed by atoms with Gasteiger partial charge in [-0.3, -0.25) is 0 Å². The summed E-state index contributed by atoms with van der Waals surface area (Å²) in [5, 5.41) is 2.38. The first-order chi connectivity index (χ1) is 30.8. The van der Waals surface area contributed by atoms with Crippen molar-refractivity contribution in [3.8, 4) is 73.2 Å². The summed E-state index contributed by atoms with van der Waals surface area (Å²) >= 11 is 0. The van der Waals surface area contributed by atoms with E-state index in [0.29, 0.717) is 17.5 Å². The van der Waals surface area contributed by atoms with Crippen LogP contribution in [0.2, 0.25) is 0 Å². The van der Waals surface area contributed by atoms with Crippen molar-refractivity contribution in [3.63, 3.8) is 0 Å². The van der Waals surface area contributed by atoms with E-state index in [-0.39, 0.29) is 0 Å². The molecule has 0 atom stereocenters. The van der Waals surface area contributed by atoms with Gasteiger partial charge in [-0.1, -0.05) is 182 Å². The molecule has 1 spiro atoms. The summed E-state index contributed by atoms with van der Waals surface area (Å²) < 4.78 is 2.39. The fourth-order valence-corrected chi connectivity index (χ4v) is 10.5. The summed E-state index contributed by atoms with van der Waals surface area (Å²) in [5.74, 6) is 1.89. The van der Waals surface area contributed by atoms with E-state index >= 15 is 0 Å². The molecule has 288 valence electrons. The van der Waals surface area contributed by atoms with Crippen LogP contribution in [0.1, 0.15) is 22.3 Å². The van der Waals surface area contributed by atoms with Gasteiger partial charge in [-0.25, -0.2) is 15.0 Å². The third-order valence-electron chi connectivity index (χ3n) is 13.1. The number of para-hydroxylation sites is 2. The fraction of sp³-hybridized carbons (Fsp3) is 0.0172. The van der Waals surface area contributed by atoms with E-state index in [0.717, 1.165) is 44.5 Å². The average molecular weight is 789 g/mol. The predicted molar refractivity (Wildman–Crippen MR) is 252 cm³/mol. The largest absolute Gasteiger partial charge is 0.309 e. The molecule has 0 unspecified atom stereocenters. The molecule has 0 fully saturated rings. The van der Waals surface area contributed by atoms with Crippen LogP contribution in [0.3, 0.4) is 0 Å². The number of rotatable bonds is 5. The minimum absolute atomic E-state index is 0.412. The van der Waals surface area contributed by atoms with Crippen LogP contribution in [0.15, 0.2) is 218 Å². The minimum atomic E-state index is -0.412. The van der Waals surface area contributed by atoms with Crippen molar-refractivity contribution < 1.29 is 0 Å². The highest BCUT2D eigenvalue weighted by Gasteiger charge is 2.51. The molecule has 4 nitrogen and oxygen atoms in total. The van der Waals surface area contributed by atoms with Gasteiger partial charge in [-0.2, -0.15) is 0 Å². The van der Waals surface area contributed by atoms with E-state index in [2.05, 4.69) is 187 Å². The minimum Gasteiger partial charge on any atom is -0.309 e. The van der Waals surface area contributed by atoms with Crippen molar-refractivity contribution in [2.45, 2.75) is 5.41 Å². The fourth-order valence-electron chi connectivity index (χ4n) is 10.5. The van der Waals surface area contributed by atoms with Crippen molar-refractivity contribution in [1.29, 1.82) is 0 Å². The summed E-state index contributed by atoms with van der Waals surface area (Å²) in [6.45, 7) is 0. The lowest BCUT2D eigenvalue weighted by Crippen LogP contribution is -2.25. The molecule has 0 radical (unpaired) electrons. The molecule has 0 aliphatic heterocycles. The maximum atomic E-state index is 5.24. The normalized spacial score (nSPS) is 13.0. The summed E-state index contributed by atoms with van der Waals surface area (Å²) in [5.41, 5.74) is 18.4. The van der Waals surface area contributed by atoms with Gasteiger partial charge in [-0.05, 0) is 92.0 Å². The van der Waals surface area contributed by atoms with Gasteiger partial charge in [-0.15, -0.1) is 0 Å². The van der Waals surface area contributed by atoms with Crippen molar-refractivity contribution in [3.05, 3.63) is 241 Å². The van der Waals surface area contributed by atoms with E-state index < -0.39 is 5.41 Å². The van der Waals surface area contributed by atoms with Gasteiger partial charge in [0.1, 0.15) is 0 Å². The van der Waals surface area contributed by atoms with E-state index in [9.17, 15) is 0 Å². The van der Waals surface area contributed by atoms with E-state index in [1.165, 1.54) is 55.3 Å². The maximum Gasteiger partial charge on any atom is 0.164 e. The molecule has 13 rings (SSSR count). The Balaban J connectivity index is 1.11. The van der Waals surface area contributed by atoms with Crippen molar-refractivity contribution in [2.24, 2.45) is 0 Å². The number of nitrogens with zero attached hydrogens (tertiary/aromatic N) is 4. The number of hydrogen-bond acceptors (Lipinski definition) is 3. The van der Waals surface area contributed by atoms with Crippen molar-refractivity contribution in [2.75, 3.05) is 0 Å². The molecule has 9 aromatic carbocycles. The molecule has 4 heteroatoms. The topological polar surface area (TPSA) is 43.6 Å². The smallest absolute Gasteiger partial charge is 0.164 e. The second-order valence-corrected chi connectivity index (χ2v) is 16.3. The van der Waals surface area contributed by atoms with Crippen LogP contribution in [0.4, 0.5) is 0 Å². The average Bonchev–Trinajstić information content (AvgIpc) is 3.96. The van der Waals surface area contributed by atoms with Gasteiger partial charge in [0, 0.05) is 33.2 Å². The Morgan fingerprint density at radius 1 is 0.306 bits per heavy atom. The lowest BCUT2D eigenvalue weighted by atomic mass is 9.70. The van der Waals surface area contributed by atoms with Gasteiger partial charge >= 0.3 is 0 Å². The monoisotopic (exact) mass is 788 g/mol. The second-order valence-electron chi connectivity index (χ2n) is 16.3. The Morgan fingerprint density at radius 3 is 1.35 bits per heavy atom. The quantitative estimate of drug-likeness (QED) is 0.174. The van der Waals surface area contributed by atoms with Crippen LogP contribution in [-0.2, 0) is 5.41 Å². The molecule has 0 saturated heterocycles. The molecule has 0 bridgehead atoms. The van der Waals surface area contributed by atoms with Crippen molar-refractivity contribution in [1.82, 2.24) is 19.5 Å². The van der Waals surface area contributed by atoms with Crippen molar-refractivity contribution >= 4 is 21.8 Å². The molecule has 0 amide bonds. The number of aromatic nitrogens is 4. The highest BCUT2D eigenvalue weighted by atomic mass is 15.0. The molecular weight excluding hydrogens is 753 g/mol. The van der Waals surface area contributed by atoms with Gasteiger partial charge < -0.3 is 4.57 Å². The molecule has 2 heterocycles. The van der Waals surface area contributed by atoms with E-state index in [1.807, 2.05) is 36.4 Å². The third kappa shape index (κ3) is 4.92. The van der Waals surface area contributed by atoms with Crippen LogP contribution in [0, 0.1) is 0 Å². The van der Waals surface area contributed by atoms with E-state index in [1.54, 1.807) is 0 Å². The zero-order valence-corrected chi connectivity index (χ0v) is 33.6. The lowest BCUT2D eigenvalue weighted by molar-refractivity contribution is 0.794. The zero-order chi connectivity index (χ0) is 40.8. The Kier molecular flexibility index (Phi) is 7.49. The Hall–Kier alpha value is -8.21. The number of hydrogen-bond donors (Lipinski definition) is 0. The predicted octanol–water partition coefficient (Wildman–Crippen LogP) is 14.0. The first kappa shape index (κ1) is 34.6. The third-order valence-corrected chi connectivity index (χ3v) is 13.1. The van der Waals surface area contributed by atoms with Crippen LogP contribution < -0.4 is 0 Å². The second kappa shape index (κ2) is 13.4. The van der Waals surface area contributed by atoms with Gasteiger partial charge in [0.2, 0.25) is 0 Å². The summed E-state index contributed by atoms with van der Waals surface area (Å²) in [4.78, 5) is 15.5. The van der Waals surface area contributed by atoms with Crippen LogP contribution >= 0.6 is 0 Å². The highest BCUT2D eigenvalue weighted by Crippen LogP contribution is 2.63. The molecule has 2 aliphatic carbocycles. The molecule has 62 heavy (non-hydrogen) atoms. The molecular formula is C58H36N4. The SMILES string of the molecule is c1ccc(-c2nc(-c3ccccc3)nc(-c3cc(-c4ccc5c(c4)-c4ccccc4C54c5ccccc5-c5ccccc54)c4c5ccccc5n(-c5ccccc5)c4c3)n2)cc1. The van der Waals surface area contributed by atoms with E-state index in [4.69, 9.17) is 15.0 Å². The highest BCUT2D eigenvalue weighted by molar-refractivity contribution is 6.17. The standard InChI is InChI=1S/C58H36N4/c1-4-18-37(19-5-1)55-59-56(38-20-6-2-7-21-38)61-57(60-55)40-35-46(54-45-27-13-17-31-52(45)62(53(54)36-40)41-22-8-3-9-23-41)39-32-33-51-47(34-39)44-26-12-16-30-50(44)58(51)48-28-14-10-24-42(48)43-25-11-15-29-49(43)58/h1-36H. The van der Waals surface area contributed by atoms with Crippen LogP contribution in [0.25, 0.3) is 95.0 Å². The van der Waals surface area contributed by atoms with Gasteiger partial charge in [0.15, 0.2) is 17.5 Å². The number of fused-ring (bicyclic) bond motifs is 13. The first-order valence-electron chi connectivity index (χ1n) is 21.2. The number of benzene rings is 9. The Bertz CT molecular complexity index is 3470. The Morgan fingerprint density at radius 2 is 0.758 bits per heavy atom. The van der Waals surface area contributed by atoms with Crippen LogP contribution in [0.5, 0.6) is 0 Å². The molecule has 2 aromatic heterocycles. The molecule has 11 aromatic rings. The van der Waals surface area contributed by atoms with Crippen LogP contribution in [-0.4, -0.2) is 19.5 Å². The summed E-state index contributed by atoms with van der Waals surface area (Å²) in [6.07, 6.45) is 0. The maximum absolute atomic E-state index is 5.24. The van der Waals surface area contributed by atoms with Gasteiger partial charge in [0.25, 0.3) is 0 Å². The van der Waals surface area contributed by atoms with Gasteiger partial charge in [0.05, 0.1) is 16.4 Å². The Labute approximate surface area is 359 Å². The summed E-state index contributed by atoms with van der Waals surface area (Å²) in [7, 11) is 0. The molecule has 0 saturated carbocycles. The molecule has 0 N–H and O–H groups in total. The molecule has 2 aliphatic rings.